The van der Waals surface area contributed by atoms with E-state index in [1.165, 1.54) is 0 Å². The highest BCUT2D eigenvalue weighted by molar-refractivity contribution is 5.84. The number of nitrogens with zero attached hydrogens (tertiary/aromatic N) is 6. The molecule has 2 fully saturated rings. The van der Waals surface area contributed by atoms with Crippen molar-refractivity contribution in [2.75, 3.05) is 26.7 Å². The van der Waals surface area contributed by atoms with Crippen molar-refractivity contribution in [3.05, 3.63) is 18.0 Å². The van der Waals surface area contributed by atoms with Crippen molar-refractivity contribution >= 4 is 11.6 Å². The molecule has 0 N–H and O–H groups in total. The molecule has 8 nitrogen and oxygen atoms in total. The number of carbonyl (C=O) groups is 1. The first kappa shape index (κ1) is 17.2. The molecule has 140 valence electrons. The van der Waals surface area contributed by atoms with E-state index < -0.39 is 0 Å². The largest absolute Gasteiger partial charge is 0.480 e. The van der Waals surface area contributed by atoms with Crippen molar-refractivity contribution < 1.29 is 9.53 Å². The summed E-state index contributed by atoms with van der Waals surface area (Å²) in [5.74, 6) is 2.04. The van der Waals surface area contributed by atoms with Crippen molar-refractivity contribution in [1.29, 1.82) is 0 Å². The molecule has 2 aromatic heterocycles. The zero-order valence-electron chi connectivity index (χ0n) is 15.6. The van der Waals surface area contributed by atoms with Gasteiger partial charge in [0.2, 0.25) is 11.8 Å². The normalized spacial score (nSPS) is 22.7. The first-order valence-electron chi connectivity index (χ1n) is 9.39. The summed E-state index contributed by atoms with van der Waals surface area (Å²) >= 11 is 0. The molecule has 0 radical (unpaired) electrons. The van der Waals surface area contributed by atoms with Gasteiger partial charge in [0.05, 0.1) is 13.2 Å². The fourth-order valence-corrected chi connectivity index (χ4v) is 4.16. The zero-order chi connectivity index (χ0) is 18.3. The zero-order valence-corrected chi connectivity index (χ0v) is 15.6. The summed E-state index contributed by atoms with van der Waals surface area (Å²) in [6.07, 6.45) is 2.87. The van der Waals surface area contributed by atoms with E-state index in [0.717, 1.165) is 50.4 Å². The number of hydrogen-bond donors (Lipinski definition) is 0. The van der Waals surface area contributed by atoms with Crippen LogP contribution in [-0.4, -0.2) is 74.3 Å². The van der Waals surface area contributed by atoms with Crippen LogP contribution in [0, 0.1) is 0 Å². The van der Waals surface area contributed by atoms with Crippen LogP contribution < -0.4 is 4.74 Å². The van der Waals surface area contributed by atoms with E-state index in [2.05, 4.69) is 34.0 Å². The van der Waals surface area contributed by atoms with Gasteiger partial charge in [0, 0.05) is 24.6 Å². The number of ether oxygens (including phenoxy) is 1. The van der Waals surface area contributed by atoms with Gasteiger partial charge in [0.1, 0.15) is 0 Å². The quantitative estimate of drug-likeness (QED) is 0.821. The second kappa shape index (κ2) is 6.83. The smallest absolute Gasteiger partial charge is 0.240 e. The predicted molar refractivity (Wildman–Crippen MR) is 96.1 cm³/mol. The van der Waals surface area contributed by atoms with E-state index in [-0.39, 0.29) is 18.0 Å². The van der Waals surface area contributed by atoms with Crippen LogP contribution in [0.4, 0.5) is 0 Å². The van der Waals surface area contributed by atoms with Crippen LogP contribution >= 0.6 is 0 Å². The van der Waals surface area contributed by atoms with E-state index in [9.17, 15) is 4.79 Å². The summed E-state index contributed by atoms with van der Waals surface area (Å²) < 4.78 is 7.01. The summed E-state index contributed by atoms with van der Waals surface area (Å²) in [6.45, 7) is 6.87. The summed E-state index contributed by atoms with van der Waals surface area (Å²) in [4.78, 5) is 17.0. The van der Waals surface area contributed by atoms with Crippen LogP contribution in [-0.2, 0) is 4.79 Å². The topological polar surface area (TPSA) is 75.9 Å². The average Bonchev–Trinajstić information content (AvgIpc) is 3.25. The maximum Gasteiger partial charge on any atom is 0.240 e. The van der Waals surface area contributed by atoms with Crippen LogP contribution in [0.1, 0.15) is 44.9 Å². The molecule has 26 heavy (non-hydrogen) atoms. The Hall–Kier alpha value is -2.22. The number of fused-ring (bicyclic) bond motifs is 1. The molecule has 0 bridgehead atoms. The number of hydrogen-bond acceptors (Lipinski definition) is 6. The Labute approximate surface area is 153 Å². The van der Waals surface area contributed by atoms with Gasteiger partial charge in [-0.25, -0.2) is 0 Å². The Morgan fingerprint density at radius 1 is 1.12 bits per heavy atom. The SMILES string of the molecule is COc1ccc2nnc(C3CCN(C4CCN(C(C)C)C4=O)CC3)n2n1. The molecule has 4 rings (SSSR count). The van der Waals surface area contributed by atoms with Gasteiger partial charge in [-0.3, -0.25) is 9.69 Å². The monoisotopic (exact) mass is 358 g/mol. The minimum Gasteiger partial charge on any atom is -0.480 e. The Morgan fingerprint density at radius 3 is 2.54 bits per heavy atom. The third-order valence-electron chi connectivity index (χ3n) is 5.64. The lowest BCUT2D eigenvalue weighted by molar-refractivity contribution is -0.133. The Morgan fingerprint density at radius 2 is 1.88 bits per heavy atom. The van der Waals surface area contributed by atoms with Gasteiger partial charge >= 0.3 is 0 Å². The van der Waals surface area contributed by atoms with Crippen LogP contribution in [0.3, 0.4) is 0 Å². The van der Waals surface area contributed by atoms with Gasteiger partial charge in [-0.1, -0.05) is 0 Å². The molecular weight excluding hydrogens is 332 g/mol. The standard InChI is InChI=1S/C18H26N6O2/c1-12(2)23-11-8-14(18(23)25)22-9-6-13(7-10-22)17-20-19-15-4-5-16(26-3)21-24(15)17/h4-5,12-14H,6-11H2,1-3H3. The summed E-state index contributed by atoms with van der Waals surface area (Å²) in [5, 5.41) is 13.1. The van der Waals surface area contributed by atoms with E-state index in [0.29, 0.717) is 11.8 Å². The first-order valence-corrected chi connectivity index (χ1v) is 9.39. The first-order chi connectivity index (χ1) is 12.6. The molecule has 2 saturated heterocycles. The Balaban J connectivity index is 1.45. The highest BCUT2D eigenvalue weighted by atomic mass is 16.5. The molecule has 1 unspecified atom stereocenters. The second-order valence-corrected chi connectivity index (χ2v) is 7.44. The van der Waals surface area contributed by atoms with Crippen molar-refractivity contribution in [2.24, 2.45) is 0 Å². The van der Waals surface area contributed by atoms with Gasteiger partial charge in [-0.15, -0.1) is 15.3 Å². The molecule has 1 amide bonds. The molecule has 2 aromatic rings. The van der Waals surface area contributed by atoms with E-state index in [1.807, 2.05) is 11.0 Å². The van der Waals surface area contributed by atoms with E-state index in [1.54, 1.807) is 17.7 Å². The van der Waals surface area contributed by atoms with Crippen LogP contribution in [0.2, 0.25) is 0 Å². The lowest BCUT2D eigenvalue weighted by Crippen LogP contribution is -2.46. The van der Waals surface area contributed by atoms with Gasteiger partial charge in [-0.05, 0) is 52.3 Å². The van der Waals surface area contributed by atoms with Gasteiger partial charge < -0.3 is 9.64 Å². The molecule has 1 atom stereocenters. The Bertz CT molecular complexity index is 796. The molecule has 0 aliphatic carbocycles. The molecule has 0 aromatic carbocycles. The molecule has 0 spiro atoms. The van der Waals surface area contributed by atoms with Gasteiger partial charge in [0.15, 0.2) is 11.5 Å². The summed E-state index contributed by atoms with van der Waals surface area (Å²) in [7, 11) is 1.61. The maximum absolute atomic E-state index is 12.6. The molecule has 2 aliphatic rings. The number of amides is 1. The minimum absolute atomic E-state index is 0.0479. The van der Waals surface area contributed by atoms with E-state index >= 15 is 0 Å². The number of aromatic nitrogens is 4. The third-order valence-corrected chi connectivity index (χ3v) is 5.64. The minimum atomic E-state index is 0.0479. The Kier molecular flexibility index (Phi) is 4.52. The van der Waals surface area contributed by atoms with Crippen molar-refractivity contribution in [1.82, 2.24) is 29.6 Å². The molecule has 2 aliphatic heterocycles. The second-order valence-electron chi connectivity index (χ2n) is 7.44. The van der Waals surface area contributed by atoms with Crippen molar-refractivity contribution in [3.63, 3.8) is 0 Å². The predicted octanol–water partition coefficient (Wildman–Crippen LogP) is 1.32. The highest BCUT2D eigenvalue weighted by Gasteiger charge is 2.38. The average molecular weight is 358 g/mol. The number of piperidine rings is 1. The number of likely N-dealkylation sites (tertiary alicyclic amines) is 2. The molecular formula is C18H26N6O2. The molecule has 4 heterocycles. The van der Waals surface area contributed by atoms with Crippen molar-refractivity contribution in [2.45, 2.75) is 51.1 Å². The lowest BCUT2D eigenvalue weighted by atomic mass is 9.94. The van der Waals surface area contributed by atoms with Crippen molar-refractivity contribution in [3.8, 4) is 5.88 Å². The summed E-state index contributed by atoms with van der Waals surface area (Å²) in [5.41, 5.74) is 0.738. The van der Waals surface area contributed by atoms with Crippen LogP contribution in [0.15, 0.2) is 12.1 Å². The lowest BCUT2D eigenvalue weighted by Gasteiger charge is -2.34. The molecule has 8 heteroatoms. The van der Waals surface area contributed by atoms with Gasteiger partial charge in [-0.2, -0.15) is 4.52 Å². The molecule has 0 saturated carbocycles. The van der Waals surface area contributed by atoms with E-state index in [4.69, 9.17) is 4.74 Å². The van der Waals surface area contributed by atoms with Crippen LogP contribution in [0.5, 0.6) is 5.88 Å². The number of methoxy groups -OCH3 is 1. The fourth-order valence-electron chi connectivity index (χ4n) is 4.16. The number of rotatable bonds is 4. The summed E-state index contributed by atoms with van der Waals surface area (Å²) in [6, 6.07) is 4.00. The van der Waals surface area contributed by atoms with Gasteiger partial charge in [0.25, 0.3) is 0 Å². The highest BCUT2D eigenvalue weighted by Crippen LogP contribution is 2.30. The van der Waals surface area contributed by atoms with Crippen LogP contribution in [0.25, 0.3) is 5.65 Å². The number of carbonyl (C=O) groups excluding carboxylic acids is 1. The maximum atomic E-state index is 12.6. The third kappa shape index (κ3) is 2.92. The fraction of sp³-hybridized carbons (Fsp3) is 0.667.